The van der Waals surface area contributed by atoms with Crippen LogP contribution in [0.25, 0.3) is 11.0 Å². The fourth-order valence-corrected chi connectivity index (χ4v) is 7.48. The minimum absolute atomic E-state index is 0.0790. The van der Waals surface area contributed by atoms with Gasteiger partial charge in [0.2, 0.25) is 11.8 Å². The van der Waals surface area contributed by atoms with Crippen LogP contribution in [0.1, 0.15) is 58.8 Å². The molecule has 0 aliphatic carbocycles. The molecule has 11 heteroatoms. The van der Waals surface area contributed by atoms with Gasteiger partial charge in [0, 0.05) is 6.54 Å². The lowest BCUT2D eigenvalue weighted by molar-refractivity contribution is -0.164. The molecule has 2 aromatic rings. The van der Waals surface area contributed by atoms with E-state index in [-0.39, 0.29) is 38.2 Å². The molecule has 1 aromatic carbocycles. The highest BCUT2D eigenvalue weighted by atomic mass is 16.6. The minimum Gasteiger partial charge on any atom is -0.465 e. The van der Waals surface area contributed by atoms with Crippen LogP contribution in [0.2, 0.25) is 0 Å². The third-order valence-electron chi connectivity index (χ3n) is 9.61. The van der Waals surface area contributed by atoms with Crippen LogP contribution in [0.5, 0.6) is 0 Å². The first-order chi connectivity index (χ1) is 20.8. The SMILES string of the molecule is C=CCCCCOC(=O)[C@H]1[C@H]2C(=O)N([C@@H](CC)CO)C(C(=O)N(CC=C)Cn3nnc4ccccc43)C23CC[C@]1(CC)O3. The molecule has 3 fully saturated rings. The Bertz CT molecular complexity index is 1370. The molecule has 232 valence electrons. The highest BCUT2D eigenvalue weighted by molar-refractivity contribution is 5.98. The van der Waals surface area contributed by atoms with E-state index >= 15 is 0 Å². The fourth-order valence-electron chi connectivity index (χ4n) is 7.48. The molecule has 5 rings (SSSR count). The van der Waals surface area contributed by atoms with Crippen molar-refractivity contribution >= 4 is 28.8 Å². The number of para-hydroxylation sites is 1. The van der Waals surface area contributed by atoms with Crippen LogP contribution in [-0.2, 0) is 30.5 Å². The maximum Gasteiger partial charge on any atom is 0.312 e. The Hall–Kier alpha value is -3.57. The molecular weight excluding hydrogens is 550 g/mol. The lowest BCUT2D eigenvalue weighted by Crippen LogP contribution is -2.59. The lowest BCUT2D eigenvalue weighted by atomic mass is 9.65. The molecule has 1 N–H and O–H groups in total. The van der Waals surface area contributed by atoms with Gasteiger partial charge in [-0.05, 0) is 57.1 Å². The molecular formula is C32H43N5O6. The van der Waals surface area contributed by atoms with Crippen LogP contribution in [-0.4, -0.2) is 90.7 Å². The van der Waals surface area contributed by atoms with Gasteiger partial charge in [0.15, 0.2) is 0 Å². The topological polar surface area (TPSA) is 127 Å². The van der Waals surface area contributed by atoms with Crippen molar-refractivity contribution in [3.05, 3.63) is 49.6 Å². The predicted octanol–water partition coefficient (Wildman–Crippen LogP) is 3.23. The Morgan fingerprint density at radius 3 is 2.72 bits per heavy atom. The number of aliphatic hydroxyl groups excluding tert-OH is 1. The highest BCUT2D eigenvalue weighted by Crippen LogP contribution is 2.65. The van der Waals surface area contributed by atoms with Crippen molar-refractivity contribution in [1.29, 1.82) is 0 Å². The number of aromatic nitrogens is 3. The summed E-state index contributed by atoms with van der Waals surface area (Å²) in [5.41, 5.74) is -0.649. The maximum atomic E-state index is 14.7. The molecule has 1 aromatic heterocycles. The summed E-state index contributed by atoms with van der Waals surface area (Å²) in [5, 5.41) is 18.9. The summed E-state index contributed by atoms with van der Waals surface area (Å²) < 4.78 is 14.2. The van der Waals surface area contributed by atoms with Crippen LogP contribution >= 0.6 is 0 Å². The number of hydrogen-bond donors (Lipinski definition) is 1. The molecule has 2 amide bonds. The molecule has 0 saturated carbocycles. The number of aliphatic hydroxyl groups is 1. The number of nitrogens with zero attached hydrogens (tertiary/aromatic N) is 5. The molecule has 6 atom stereocenters. The van der Waals surface area contributed by atoms with Crippen LogP contribution in [0, 0.1) is 11.8 Å². The summed E-state index contributed by atoms with van der Waals surface area (Å²) in [6.45, 7) is 11.6. The van der Waals surface area contributed by atoms with Gasteiger partial charge in [-0.25, -0.2) is 4.68 Å². The number of fused-ring (bicyclic) bond motifs is 2. The van der Waals surface area contributed by atoms with E-state index in [2.05, 4.69) is 23.5 Å². The standard InChI is InChI=1S/C32H43N5O6/c1-5-9-10-13-19-42-30(41)26-25-28(39)37(22(7-3)20-38)27(32(25)17-16-31(26,8-4)43-32)29(40)35(18-6-2)21-36-24-15-12-11-14-23(24)33-34-36/h5-6,11-12,14-15,22,25-27,38H,1-2,7-10,13,16-21H2,3-4H3/t22-,25-,26+,27?,31-,32?/m0/s1. The van der Waals surface area contributed by atoms with Crippen LogP contribution in [0.15, 0.2) is 49.6 Å². The van der Waals surface area contributed by atoms with Crippen molar-refractivity contribution in [2.45, 2.75) is 88.7 Å². The number of allylic oxidation sites excluding steroid dienone is 1. The zero-order valence-corrected chi connectivity index (χ0v) is 25.2. The molecule has 3 saturated heterocycles. The van der Waals surface area contributed by atoms with E-state index in [9.17, 15) is 19.5 Å². The molecule has 3 aliphatic heterocycles. The van der Waals surface area contributed by atoms with Gasteiger partial charge in [-0.3, -0.25) is 14.4 Å². The Morgan fingerprint density at radius 2 is 2.02 bits per heavy atom. The van der Waals surface area contributed by atoms with Gasteiger partial charge in [0.05, 0.1) is 36.3 Å². The van der Waals surface area contributed by atoms with E-state index in [1.54, 1.807) is 15.7 Å². The Kier molecular flexibility index (Phi) is 9.03. The smallest absolute Gasteiger partial charge is 0.312 e. The first kappa shape index (κ1) is 30.9. The molecule has 2 unspecified atom stereocenters. The second-order valence-corrected chi connectivity index (χ2v) is 11.8. The first-order valence-electron chi connectivity index (χ1n) is 15.4. The van der Waals surface area contributed by atoms with E-state index in [1.165, 1.54) is 4.90 Å². The monoisotopic (exact) mass is 593 g/mol. The van der Waals surface area contributed by atoms with Gasteiger partial charge in [0.1, 0.15) is 29.7 Å². The number of amides is 2. The third-order valence-corrected chi connectivity index (χ3v) is 9.61. The number of rotatable bonds is 15. The van der Waals surface area contributed by atoms with Crippen LogP contribution in [0.3, 0.4) is 0 Å². The van der Waals surface area contributed by atoms with E-state index in [0.717, 1.165) is 18.4 Å². The minimum atomic E-state index is -1.22. The van der Waals surface area contributed by atoms with E-state index in [4.69, 9.17) is 9.47 Å². The van der Waals surface area contributed by atoms with Gasteiger partial charge >= 0.3 is 5.97 Å². The number of carbonyl (C=O) groups excluding carboxylic acids is 3. The number of esters is 1. The third kappa shape index (κ3) is 5.06. The number of likely N-dealkylation sites (tertiary alicyclic amines) is 1. The Morgan fingerprint density at radius 1 is 1.23 bits per heavy atom. The van der Waals surface area contributed by atoms with Crippen molar-refractivity contribution in [1.82, 2.24) is 24.8 Å². The quantitative estimate of drug-likeness (QED) is 0.190. The van der Waals surface area contributed by atoms with Gasteiger partial charge in [-0.2, -0.15) is 0 Å². The number of benzene rings is 1. The Balaban J connectivity index is 1.51. The van der Waals surface area contributed by atoms with Gasteiger partial charge in [-0.15, -0.1) is 18.3 Å². The van der Waals surface area contributed by atoms with Crippen molar-refractivity contribution in [3.63, 3.8) is 0 Å². The fraction of sp³-hybridized carbons (Fsp3) is 0.594. The zero-order valence-electron chi connectivity index (χ0n) is 25.2. The summed E-state index contributed by atoms with van der Waals surface area (Å²) in [6, 6.07) is 5.83. The van der Waals surface area contributed by atoms with Gasteiger partial charge < -0.3 is 24.4 Å². The number of hydrogen-bond acceptors (Lipinski definition) is 8. The molecule has 11 nitrogen and oxygen atoms in total. The maximum absolute atomic E-state index is 14.7. The van der Waals surface area contributed by atoms with Gasteiger partial charge in [0.25, 0.3) is 0 Å². The summed E-state index contributed by atoms with van der Waals surface area (Å²) in [4.78, 5) is 45.9. The van der Waals surface area contributed by atoms with Crippen LogP contribution < -0.4 is 0 Å². The predicted molar refractivity (Wildman–Crippen MR) is 159 cm³/mol. The summed E-state index contributed by atoms with van der Waals surface area (Å²) >= 11 is 0. The second kappa shape index (κ2) is 12.6. The Labute approximate surface area is 252 Å². The van der Waals surface area contributed by atoms with E-state index in [1.807, 2.05) is 44.2 Å². The van der Waals surface area contributed by atoms with Crippen molar-refractivity contribution in [3.8, 4) is 0 Å². The summed E-state index contributed by atoms with van der Waals surface area (Å²) in [7, 11) is 0. The number of unbranched alkanes of at least 4 members (excludes halogenated alkanes) is 2. The van der Waals surface area contributed by atoms with E-state index in [0.29, 0.717) is 37.6 Å². The lowest BCUT2D eigenvalue weighted by Gasteiger charge is -2.39. The molecule has 1 spiro atoms. The van der Waals surface area contributed by atoms with Crippen molar-refractivity contribution < 1.29 is 29.0 Å². The molecule has 0 radical (unpaired) electrons. The number of carbonyl (C=O) groups is 3. The largest absolute Gasteiger partial charge is 0.465 e. The second-order valence-electron chi connectivity index (χ2n) is 11.8. The van der Waals surface area contributed by atoms with Gasteiger partial charge in [-0.1, -0.05) is 43.3 Å². The van der Waals surface area contributed by atoms with Crippen molar-refractivity contribution in [2.24, 2.45) is 11.8 Å². The summed E-state index contributed by atoms with van der Waals surface area (Å²) in [5.74, 6) is -2.85. The average Bonchev–Trinajstić information content (AvgIpc) is 3.74. The molecule has 4 heterocycles. The normalized spacial score (nSPS) is 28.2. The number of ether oxygens (including phenoxy) is 2. The molecule has 2 bridgehead atoms. The highest BCUT2D eigenvalue weighted by Gasteiger charge is 2.79. The average molecular weight is 594 g/mol. The zero-order chi connectivity index (χ0) is 30.8. The molecule has 43 heavy (non-hydrogen) atoms. The summed E-state index contributed by atoms with van der Waals surface area (Å²) in [6.07, 6.45) is 7.75. The molecule has 3 aliphatic rings. The van der Waals surface area contributed by atoms with Crippen molar-refractivity contribution in [2.75, 3.05) is 19.8 Å². The van der Waals surface area contributed by atoms with E-state index < -0.39 is 41.1 Å². The van der Waals surface area contributed by atoms with Crippen LogP contribution in [0.4, 0.5) is 0 Å². The first-order valence-corrected chi connectivity index (χ1v) is 15.4.